The molecule has 0 amide bonds. The third-order valence-corrected chi connectivity index (χ3v) is 3.36. The molecule has 0 aromatic rings. The largest absolute Gasteiger partial charge is 0.480 e. The van der Waals surface area contributed by atoms with E-state index in [1.807, 2.05) is 0 Å². The van der Waals surface area contributed by atoms with E-state index >= 15 is 0 Å². The van der Waals surface area contributed by atoms with Gasteiger partial charge in [-0.2, -0.15) is 0 Å². The standard InChI is InChI=1S/C10H18N2O2.2ClH/c13-10(14)9-2-1-7-12(9)8-3-5-11-6-4-8;;/h8-9,11H,1-7H2,(H,13,14);2*1H. The van der Waals surface area contributed by atoms with Gasteiger partial charge in [0.25, 0.3) is 0 Å². The molecule has 0 aromatic heterocycles. The maximum atomic E-state index is 11.0. The van der Waals surface area contributed by atoms with Crippen LogP contribution < -0.4 is 5.32 Å². The van der Waals surface area contributed by atoms with Crippen molar-refractivity contribution in [3.63, 3.8) is 0 Å². The topological polar surface area (TPSA) is 52.6 Å². The Labute approximate surface area is 109 Å². The molecule has 96 valence electrons. The number of nitrogens with zero attached hydrogens (tertiary/aromatic N) is 1. The molecule has 0 bridgehead atoms. The molecule has 0 aliphatic carbocycles. The number of likely N-dealkylation sites (tertiary alicyclic amines) is 1. The van der Waals surface area contributed by atoms with Gasteiger partial charge in [-0.1, -0.05) is 0 Å². The molecule has 16 heavy (non-hydrogen) atoms. The van der Waals surface area contributed by atoms with Crippen LogP contribution in [-0.2, 0) is 4.79 Å². The lowest BCUT2D eigenvalue weighted by Gasteiger charge is -2.34. The third kappa shape index (κ3) is 3.48. The van der Waals surface area contributed by atoms with Gasteiger partial charge in [0, 0.05) is 6.04 Å². The summed E-state index contributed by atoms with van der Waals surface area (Å²) in [5.41, 5.74) is 0. The number of aliphatic carboxylic acids is 1. The molecule has 2 rings (SSSR count). The molecule has 0 spiro atoms. The first-order chi connectivity index (χ1) is 6.79. The van der Waals surface area contributed by atoms with Crippen LogP contribution >= 0.6 is 24.8 Å². The van der Waals surface area contributed by atoms with Gasteiger partial charge in [0.2, 0.25) is 0 Å². The molecule has 4 nitrogen and oxygen atoms in total. The highest BCUT2D eigenvalue weighted by atomic mass is 35.5. The van der Waals surface area contributed by atoms with Gasteiger partial charge in [-0.15, -0.1) is 24.8 Å². The normalized spacial score (nSPS) is 26.9. The lowest BCUT2D eigenvalue weighted by atomic mass is 10.0. The molecule has 2 aliphatic rings. The maximum absolute atomic E-state index is 11.0. The van der Waals surface area contributed by atoms with Crippen LogP contribution in [0, 0.1) is 0 Å². The minimum atomic E-state index is -0.638. The van der Waals surface area contributed by atoms with Crippen LogP contribution in [-0.4, -0.2) is 47.7 Å². The number of hydrogen-bond donors (Lipinski definition) is 2. The summed E-state index contributed by atoms with van der Waals surface area (Å²) in [4.78, 5) is 13.2. The number of piperidine rings is 1. The second kappa shape index (κ2) is 7.33. The van der Waals surface area contributed by atoms with Crippen molar-refractivity contribution in [2.45, 2.75) is 37.8 Å². The quantitative estimate of drug-likeness (QED) is 0.790. The van der Waals surface area contributed by atoms with Crippen LogP contribution in [0.25, 0.3) is 0 Å². The molecular formula is C10H20Cl2N2O2. The van der Waals surface area contributed by atoms with Crippen molar-refractivity contribution >= 4 is 30.8 Å². The van der Waals surface area contributed by atoms with Crippen LogP contribution in [0.4, 0.5) is 0 Å². The second-order valence-corrected chi connectivity index (χ2v) is 4.22. The lowest BCUT2D eigenvalue weighted by molar-refractivity contribution is -0.143. The average Bonchev–Trinajstić information content (AvgIpc) is 2.67. The first-order valence-electron chi connectivity index (χ1n) is 5.48. The van der Waals surface area contributed by atoms with Crippen LogP contribution in [0.3, 0.4) is 0 Å². The average molecular weight is 271 g/mol. The highest BCUT2D eigenvalue weighted by Crippen LogP contribution is 2.24. The first kappa shape index (κ1) is 16.0. The molecule has 0 aromatic carbocycles. The van der Waals surface area contributed by atoms with Gasteiger partial charge < -0.3 is 10.4 Å². The number of carbonyl (C=O) groups is 1. The number of carboxylic acid groups (broad SMARTS) is 1. The first-order valence-corrected chi connectivity index (χ1v) is 5.48. The van der Waals surface area contributed by atoms with E-state index in [4.69, 9.17) is 5.11 Å². The van der Waals surface area contributed by atoms with E-state index in [1.54, 1.807) is 0 Å². The number of hydrogen-bond acceptors (Lipinski definition) is 3. The van der Waals surface area contributed by atoms with Crippen molar-refractivity contribution in [3.8, 4) is 0 Å². The Morgan fingerprint density at radius 1 is 1.19 bits per heavy atom. The summed E-state index contributed by atoms with van der Waals surface area (Å²) in [6, 6.07) is 0.290. The number of rotatable bonds is 2. The summed E-state index contributed by atoms with van der Waals surface area (Å²) in [5.74, 6) is -0.638. The van der Waals surface area contributed by atoms with E-state index in [0.29, 0.717) is 6.04 Å². The monoisotopic (exact) mass is 270 g/mol. The van der Waals surface area contributed by atoms with Crippen LogP contribution in [0.15, 0.2) is 0 Å². The van der Waals surface area contributed by atoms with E-state index in [9.17, 15) is 4.79 Å². The summed E-state index contributed by atoms with van der Waals surface area (Å²) in [7, 11) is 0. The summed E-state index contributed by atoms with van der Waals surface area (Å²) in [5, 5.41) is 12.4. The molecule has 0 radical (unpaired) electrons. The van der Waals surface area contributed by atoms with Crippen LogP contribution in [0.5, 0.6) is 0 Å². The minimum absolute atomic E-state index is 0. The van der Waals surface area contributed by atoms with Crippen LogP contribution in [0.1, 0.15) is 25.7 Å². The fourth-order valence-electron chi connectivity index (χ4n) is 2.63. The second-order valence-electron chi connectivity index (χ2n) is 4.22. The van der Waals surface area contributed by atoms with Crippen molar-refractivity contribution in [1.29, 1.82) is 0 Å². The van der Waals surface area contributed by atoms with Crippen molar-refractivity contribution in [2.24, 2.45) is 0 Å². The zero-order chi connectivity index (χ0) is 9.97. The Morgan fingerprint density at radius 3 is 2.38 bits per heavy atom. The van der Waals surface area contributed by atoms with Crippen molar-refractivity contribution in [2.75, 3.05) is 19.6 Å². The molecule has 2 N–H and O–H groups in total. The van der Waals surface area contributed by atoms with Gasteiger partial charge in [0.05, 0.1) is 0 Å². The minimum Gasteiger partial charge on any atom is -0.480 e. The predicted molar refractivity (Wildman–Crippen MR) is 67.8 cm³/mol. The fourth-order valence-corrected chi connectivity index (χ4v) is 2.63. The Bertz CT molecular complexity index is 223. The van der Waals surface area contributed by atoms with Crippen molar-refractivity contribution in [1.82, 2.24) is 10.2 Å². The number of carboxylic acids is 1. The Morgan fingerprint density at radius 2 is 1.81 bits per heavy atom. The van der Waals surface area contributed by atoms with E-state index in [1.165, 1.54) is 0 Å². The molecule has 6 heteroatoms. The molecule has 2 saturated heterocycles. The number of halogens is 2. The summed E-state index contributed by atoms with van der Waals surface area (Å²) in [6.45, 7) is 3.04. The zero-order valence-electron chi connectivity index (χ0n) is 9.22. The molecule has 1 unspecified atom stereocenters. The van der Waals surface area contributed by atoms with E-state index in [0.717, 1.165) is 45.3 Å². The zero-order valence-corrected chi connectivity index (χ0v) is 10.9. The fraction of sp³-hybridized carbons (Fsp3) is 0.900. The van der Waals surface area contributed by atoms with Gasteiger partial charge in [-0.3, -0.25) is 9.69 Å². The van der Waals surface area contributed by atoms with Crippen molar-refractivity contribution < 1.29 is 9.90 Å². The van der Waals surface area contributed by atoms with E-state index in [2.05, 4.69) is 10.2 Å². The summed E-state index contributed by atoms with van der Waals surface area (Å²) < 4.78 is 0. The van der Waals surface area contributed by atoms with Gasteiger partial charge in [0.1, 0.15) is 6.04 Å². The van der Waals surface area contributed by atoms with E-state index < -0.39 is 5.97 Å². The lowest BCUT2D eigenvalue weighted by Crippen LogP contribution is -2.47. The molecular weight excluding hydrogens is 251 g/mol. The molecule has 2 fully saturated rings. The maximum Gasteiger partial charge on any atom is 0.320 e. The van der Waals surface area contributed by atoms with Gasteiger partial charge >= 0.3 is 5.97 Å². The summed E-state index contributed by atoms with van der Waals surface area (Å²) >= 11 is 0. The van der Waals surface area contributed by atoms with E-state index in [-0.39, 0.29) is 30.9 Å². The molecule has 1 atom stereocenters. The SMILES string of the molecule is Cl.Cl.O=C(O)C1CCCN1C1CCNCC1. The van der Waals surface area contributed by atoms with Crippen LogP contribution in [0.2, 0.25) is 0 Å². The smallest absolute Gasteiger partial charge is 0.320 e. The molecule has 2 aliphatic heterocycles. The highest BCUT2D eigenvalue weighted by Gasteiger charge is 2.35. The Balaban J connectivity index is 0.00000112. The summed E-state index contributed by atoms with van der Waals surface area (Å²) in [6.07, 6.45) is 4.08. The predicted octanol–water partition coefficient (Wildman–Crippen LogP) is 1.13. The highest BCUT2D eigenvalue weighted by molar-refractivity contribution is 5.85. The molecule has 0 saturated carbocycles. The van der Waals surface area contributed by atoms with Gasteiger partial charge in [-0.25, -0.2) is 0 Å². The van der Waals surface area contributed by atoms with Crippen molar-refractivity contribution in [3.05, 3.63) is 0 Å². The van der Waals surface area contributed by atoms with Gasteiger partial charge in [-0.05, 0) is 45.3 Å². The third-order valence-electron chi connectivity index (χ3n) is 3.36. The number of nitrogens with one attached hydrogen (secondary N) is 1. The Hall–Kier alpha value is -0.0300. The Kier molecular flexibility index (Phi) is 7.31. The van der Waals surface area contributed by atoms with Gasteiger partial charge in [0.15, 0.2) is 0 Å². The molecule has 2 heterocycles.